The highest BCUT2D eigenvalue weighted by atomic mass is 16.5. The predicted octanol–water partition coefficient (Wildman–Crippen LogP) is 4.20. The Hall–Kier alpha value is -1.12. The van der Waals surface area contributed by atoms with Crippen molar-refractivity contribution in [2.45, 2.75) is 77.7 Å². The summed E-state index contributed by atoms with van der Waals surface area (Å²) in [7, 11) is 0. The van der Waals surface area contributed by atoms with Gasteiger partial charge >= 0.3 is 5.97 Å². The molecule has 5 atom stereocenters. The quantitative estimate of drug-likeness (QED) is 0.538. The summed E-state index contributed by atoms with van der Waals surface area (Å²) in [6.07, 6.45) is 9.64. The molecule has 126 valence electrons. The summed E-state index contributed by atoms with van der Waals surface area (Å²) < 4.78 is 5.69. The molecule has 0 heterocycles. The van der Waals surface area contributed by atoms with E-state index in [0.717, 1.165) is 38.0 Å². The monoisotopic (exact) mass is 316 g/mol. The van der Waals surface area contributed by atoms with Crippen molar-refractivity contribution in [3.05, 3.63) is 11.1 Å². The van der Waals surface area contributed by atoms with Crippen LogP contribution in [-0.2, 0) is 14.3 Å². The zero-order valence-electron chi connectivity index (χ0n) is 14.4. The number of hydrogen-bond acceptors (Lipinski definition) is 3. The molecule has 0 N–H and O–H groups in total. The highest BCUT2D eigenvalue weighted by Crippen LogP contribution is 2.61. The molecule has 0 aliphatic heterocycles. The maximum Gasteiger partial charge on any atom is 0.302 e. The van der Waals surface area contributed by atoms with Crippen molar-refractivity contribution in [3.8, 4) is 0 Å². The number of ether oxygens (including phenoxy) is 1. The second-order valence-corrected chi connectivity index (χ2v) is 8.48. The largest absolute Gasteiger partial charge is 0.462 e. The fraction of sp³-hybridized carbons (Fsp3) is 0.800. The van der Waals surface area contributed by atoms with Crippen LogP contribution in [0.4, 0.5) is 0 Å². The summed E-state index contributed by atoms with van der Waals surface area (Å²) >= 11 is 0. The molecule has 1 unspecified atom stereocenters. The molecule has 23 heavy (non-hydrogen) atoms. The van der Waals surface area contributed by atoms with Gasteiger partial charge in [0.05, 0.1) is 0 Å². The highest BCUT2D eigenvalue weighted by Gasteiger charge is 2.56. The Balaban J connectivity index is 1.59. The number of ketones is 1. The third kappa shape index (κ3) is 2.38. The van der Waals surface area contributed by atoms with Crippen LogP contribution in [0.3, 0.4) is 0 Å². The summed E-state index contributed by atoms with van der Waals surface area (Å²) in [5.74, 6) is 2.47. The fourth-order valence-corrected chi connectivity index (χ4v) is 6.40. The standard InChI is InChI=1S/C20H28O3/c1-12(21)23-19-8-7-18-17-5-3-13-11-14(22)4-6-15(13)16(17)9-10-20(18,19)2/h16-19H,3-11H2,1-2H3/t16-,17-,18+,19?,20+/m1/s1. The van der Waals surface area contributed by atoms with Crippen molar-refractivity contribution in [2.75, 3.05) is 0 Å². The van der Waals surface area contributed by atoms with Crippen LogP contribution in [0.1, 0.15) is 71.6 Å². The SMILES string of the molecule is CC(=O)OC1CC[C@H]2[C@@H]3CCC4=C(CCC(=O)C4)[C@H]3CC[C@]12C. The van der Waals surface area contributed by atoms with E-state index in [2.05, 4.69) is 6.92 Å². The summed E-state index contributed by atoms with van der Waals surface area (Å²) in [5.41, 5.74) is 3.31. The van der Waals surface area contributed by atoms with E-state index < -0.39 is 0 Å². The Labute approximate surface area is 138 Å². The lowest BCUT2D eigenvalue weighted by atomic mass is 9.54. The molecule has 4 aliphatic carbocycles. The van der Waals surface area contributed by atoms with Gasteiger partial charge in [0.25, 0.3) is 0 Å². The number of rotatable bonds is 1. The molecule has 0 saturated heterocycles. The molecule has 0 aromatic carbocycles. The predicted molar refractivity (Wildman–Crippen MR) is 87.7 cm³/mol. The Bertz CT molecular complexity index is 575. The van der Waals surface area contributed by atoms with Crippen molar-refractivity contribution < 1.29 is 14.3 Å². The van der Waals surface area contributed by atoms with Gasteiger partial charge in [0.15, 0.2) is 0 Å². The Morgan fingerprint density at radius 2 is 1.96 bits per heavy atom. The number of fused-ring (bicyclic) bond motifs is 4. The zero-order chi connectivity index (χ0) is 16.2. The van der Waals surface area contributed by atoms with Crippen molar-refractivity contribution in [1.82, 2.24) is 0 Å². The van der Waals surface area contributed by atoms with Gasteiger partial charge in [0.2, 0.25) is 0 Å². The highest BCUT2D eigenvalue weighted by molar-refractivity contribution is 5.82. The Morgan fingerprint density at radius 3 is 2.74 bits per heavy atom. The van der Waals surface area contributed by atoms with Crippen LogP contribution in [0.5, 0.6) is 0 Å². The fourth-order valence-electron chi connectivity index (χ4n) is 6.40. The van der Waals surface area contributed by atoms with Gasteiger partial charge in [-0.2, -0.15) is 0 Å². The number of esters is 1. The van der Waals surface area contributed by atoms with Gasteiger partial charge in [0.1, 0.15) is 11.9 Å². The normalized spacial score (nSPS) is 42.8. The molecular weight excluding hydrogens is 288 g/mol. The Kier molecular flexibility index (Phi) is 3.66. The van der Waals surface area contributed by atoms with Gasteiger partial charge in [-0.1, -0.05) is 18.1 Å². The number of carbonyl (C=O) groups excluding carboxylic acids is 2. The topological polar surface area (TPSA) is 43.4 Å². The molecule has 0 radical (unpaired) electrons. The van der Waals surface area contributed by atoms with Crippen molar-refractivity contribution >= 4 is 11.8 Å². The molecule has 4 rings (SSSR count). The van der Waals surface area contributed by atoms with E-state index in [9.17, 15) is 9.59 Å². The van der Waals surface area contributed by atoms with E-state index in [4.69, 9.17) is 4.74 Å². The van der Waals surface area contributed by atoms with E-state index in [0.29, 0.717) is 17.6 Å². The maximum atomic E-state index is 11.8. The second-order valence-electron chi connectivity index (χ2n) is 8.48. The average Bonchev–Trinajstić information content (AvgIpc) is 2.83. The first-order valence-electron chi connectivity index (χ1n) is 9.39. The first kappa shape index (κ1) is 15.4. The van der Waals surface area contributed by atoms with Gasteiger partial charge < -0.3 is 4.74 Å². The van der Waals surface area contributed by atoms with Crippen LogP contribution in [0.25, 0.3) is 0 Å². The Morgan fingerprint density at radius 1 is 1.13 bits per heavy atom. The van der Waals surface area contributed by atoms with Gasteiger partial charge in [-0.15, -0.1) is 0 Å². The van der Waals surface area contributed by atoms with Crippen LogP contribution in [0.15, 0.2) is 11.1 Å². The molecule has 0 aromatic rings. The summed E-state index contributed by atoms with van der Waals surface area (Å²) in [6, 6.07) is 0. The molecule has 2 fully saturated rings. The molecule has 0 amide bonds. The number of carbonyl (C=O) groups is 2. The lowest BCUT2D eigenvalue weighted by Crippen LogP contribution is -2.46. The zero-order valence-corrected chi connectivity index (χ0v) is 14.4. The molecule has 4 aliphatic rings. The van der Waals surface area contributed by atoms with E-state index in [-0.39, 0.29) is 17.5 Å². The van der Waals surface area contributed by atoms with Crippen LogP contribution in [0, 0.1) is 23.2 Å². The van der Waals surface area contributed by atoms with Gasteiger partial charge in [-0.3, -0.25) is 9.59 Å². The van der Waals surface area contributed by atoms with E-state index in [1.165, 1.54) is 31.3 Å². The number of hydrogen-bond donors (Lipinski definition) is 0. The molecule has 2 saturated carbocycles. The van der Waals surface area contributed by atoms with Crippen molar-refractivity contribution in [2.24, 2.45) is 23.2 Å². The third-order valence-electron chi connectivity index (χ3n) is 7.42. The van der Waals surface area contributed by atoms with Gasteiger partial charge in [-0.25, -0.2) is 0 Å². The van der Waals surface area contributed by atoms with Crippen LogP contribution >= 0.6 is 0 Å². The maximum absolute atomic E-state index is 11.8. The summed E-state index contributed by atoms with van der Waals surface area (Å²) in [6.45, 7) is 3.90. The first-order chi connectivity index (χ1) is 11.0. The lowest BCUT2D eigenvalue weighted by Gasteiger charge is -2.51. The molecular formula is C20H28O3. The lowest BCUT2D eigenvalue weighted by molar-refractivity contribution is -0.155. The van der Waals surface area contributed by atoms with Crippen molar-refractivity contribution in [3.63, 3.8) is 0 Å². The van der Waals surface area contributed by atoms with Crippen LogP contribution in [0.2, 0.25) is 0 Å². The number of allylic oxidation sites excluding steroid dienone is 2. The molecule has 3 nitrogen and oxygen atoms in total. The molecule has 0 aromatic heterocycles. The smallest absolute Gasteiger partial charge is 0.302 e. The van der Waals surface area contributed by atoms with E-state index >= 15 is 0 Å². The van der Waals surface area contributed by atoms with Gasteiger partial charge in [0, 0.05) is 25.2 Å². The van der Waals surface area contributed by atoms with Crippen LogP contribution < -0.4 is 0 Å². The first-order valence-corrected chi connectivity index (χ1v) is 9.39. The molecule has 0 bridgehead atoms. The summed E-state index contributed by atoms with van der Waals surface area (Å²) in [5, 5.41) is 0. The summed E-state index contributed by atoms with van der Waals surface area (Å²) in [4.78, 5) is 23.2. The minimum atomic E-state index is -0.126. The molecule has 3 heteroatoms. The number of Topliss-reactive ketones (excluding diaryl/α,β-unsaturated/α-hetero) is 1. The minimum Gasteiger partial charge on any atom is -0.462 e. The second kappa shape index (κ2) is 5.46. The van der Waals surface area contributed by atoms with E-state index in [1.54, 1.807) is 12.5 Å². The average molecular weight is 316 g/mol. The van der Waals surface area contributed by atoms with Crippen molar-refractivity contribution in [1.29, 1.82) is 0 Å². The van der Waals surface area contributed by atoms with Gasteiger partial charge in [-0.05, 0) is 62.7 Å². The van der Waals surface area contributed by atoms with Crippen LogP contribution in [-0.4, -0.2) is 17.9 Å². The minimum absolute atomic E-state index is 0.120. The molecule has 0 spiro atoms. The third-order valence-corrected chi connectivity index (χ3v) is 7.42. The van der Waals surface area contributed by atoms with E-state index in [1.807, 2.05) is 0 Å².